The smallest absolute Gasteiger partial charge is 0.119 e. The lowest BCUT2D eigenvalue weighted by Crippen LogP contribution is -2.43. The van der Waals surface area contributed by atoms with Gasteiger partial charge in [0, 0.05) is 0 Å². The van der Waals surface area contributed by atoms with Crippen molar-refractivity contribution in [3.05, 3.63) is 29.3 Å². The molecule has 3 aliphatic carbocycles. The maximum absolute atomic E-state index is 10.5. The topological polar surface area (TPSA) is 55.5 Å². The van der Waals surface area contributed by atoms with Crippen molar-refractivity contribution in [3.63, 3.8) is 0 Å². The van der Waals surface area contributed by atoms with Crippen LogP contribution in [0.15, 0.2) is 18.2 Å². The average Bonchev–Trinajstić information content (AvgIpc) is 2.90. The highest BCUT2D eigenvalue weighted by atomic mass is 16.5. The van der Waals surface area contributed by atoms with Crippen LogP contribution in [0.1, 0.15) is 62.5 Å². The second-order valence-corrected chi connectivity index (χ2v) is 8.40. The number of aliphatic hydroxyl groups is 1. The normalized spacial score (nSPS) is 37.5. The van der Waals surface area contributed by atoms with Crippen molar-refractivity contribution < 1.29 is 9.84 Å². The SMILES string of the molecule is C[C@]12CC[C@@H]3c4ccc(OCCCN)cc4CC[C@H]3[C@@H]1CC[C@@H]2O. The predicted molar refractivity (Wildman–Crippen MR) is 96.2 cm³/mol. The van der Waals surface area contributed by atoms with E-state index in [2.05, 4.69) is 25.1 Å². The van der Waals surface area contributed by atoms with E-state index in [-0.39, 0.29) is 11.5 Å². The van der Waals surface area contributed by atoms with Gasteiger partial charge in [-0.1, -0.05) is 13.0 Å². The third-order valence-electron chi connectivity index (χ3n) is 7.27. The van der Waals surface area contributed by atoms with E-state index >= 15 is 0 Å². The molecule has 132 valence electrons. The van der Waals surface area contributed by atoms with Gasteiger partial charge in [-0.05, 0) is 97.9 Å². The van der Waals surface area contributed by atoms with Crippen molar-refractivity contribution in [2.24, 2.45) is 23.0 Å². The summed E-state index contributed by atoms with van der Waals surface area (Å²) in [5, 5.41) is 10.5. The van der Waals surface area contributed by atoms with Crippen LogP contribution in [0.3, 0.4) is 0 Å². The Morgan fingerprint density at radius 3 is 2.96 bits per heavy atom. The Balaban J connectivity index is 1.55. The van der Waals surface area contributed by atoms with Crippen LogP contribution < -0.4 is 10.5 Å². The van der Waals surface area contributed by atoms with Gasteiger partial charge in [-0.2, -0.15) is 0 Å². The summed E-state index contributed by atoms with van der Waals surface area (Å²) in [6, 6.07) is 6.73. The first-order chi connectivity index (χ1) is 11.6. The minimum absolute atomic E-state index is 0.0804. The molecule has 4 rings (SSSR count). The summed E-state index contributed by atoms with van der Waals surface area (Å²) in [7, 11) is 0. The van der Waals surface area contributed by atoms with Crippen LogP contribution in [0.2, 0.25) is 0 Å². The van der Waals surface area contributed by atoms with Crippen LogP contribution in [-0.4, -0.2) is 24.4 Å². The van der Waals surface area contributed by atoms with E-state index in [1.807, 2.05) is 0 Å². The molecule has 3 aliphatic rings. The van der Waals surface area contributed by atoms with Crippen molar-refractivity contribution in [2.45, 2.75) is 63.9 Å². The van der Waals surface area contributed by atoms with Gasteiger partial charge in [-0.15, -0.1) is 0 Å². The summed E-state index contributed by atoms with van der Waals surface area (Å²) in [6.45, 7) is 3.73. The molecule has 0 unspecified atom stereocenters. The van der Waals surface area contributed by atoms with Crippen molar-refractivity contribution >= 4 is 0 Å². The zero-order chi connectivity index (χ0) is 16.7. The number of hydrogen-bond acceptors (Lipinski definition) is 3. The molecule has 0 heterocycles. The van der Waals surface area contributed by atoms with E-state index in [0.717, 1.165) is 30.9 Å². The summed E-state index contributed by atoms with van der Waals surface area (Å²) in [4.78, 5) is 0. The fraction of sp³-hybridized carbons (Fsp3) is 0.714. The lowest BCUT2D eigenvalue weighted by molar-refractivity contribution is -0.0226. The van der Waals surface area contributed by atoms with E-state index in [1.54, 1.807) is 5.56 Å². The molecule has 3 nitrogen and oxygen atoms in total. The van der Waals surface area contributed by atoms with Crippen molar-refractivity contribution in [1.82, 2.24) is 0 Å². The van der Waals surface area contributed by atoms with Gasteiger partial charge in [0.2, 0.25) is 0 Å². The van der Waals surface area contributed by atoms with Crippen molar-refractivity contribution in [1.29, 1.82) is 0 Å². The van der Waals surface area contributed by atoms with Crippen LogP contribution in [-0.2, 0) is 6.42 Å². The minimum atomic E-state index is -0.0804. The zero-order valence-electron chi connectivity index (χ0n) is 14.8. The van der Waals surface area contributed by atoms with Gasteiger partial charge < -0.3 is 15.6 Å². The Morgan fingerprint density at radius 1 is 1.25 bits per heavy atom. The van der Waals surface area contributed by atoms with E-state index in [9.17, 15) is 5.11 Å². The van der Waals surface area contributed by atoms with Crippen LogP contribution in [0, 0.1) is 17.3 Å². The predicted octanol–water partition coefficient (Wildman–Crippen LogP) is 3.63. The summed E-state index contributed by atoms with van der Waals surface area (Å²) in [5.74, 6) is 3.16. The highest BCUT2D eigenvalue weighted by Gasteiger charge is 2.54. The molecule has 1 aromatic rings. The molecule has 0 amide bonds. The molecule has 3 N–H and O–H groups in total. The fourth-order valence-corrected chi connectivity index (χ4v) is 5.89. The fourth-order valence-electron chi connectivity index (χ4n) is 5.89. The number of fused-ring (bicyclic) bond motifs is 5. The largest absolute Gasteiger partial charge is 0.494 e. The number of rotatable bonds is 4. The Morgan fingerprint density at radius 2 is 2.12 bits per heavy atom. The maximum Gasteiger partial charge on any atom is 0.119 e. The van der Waals surface area contributed by atoms with Gasteiger partial charge in [-0.3, -0.25) is 0 Å². The summed E-state index contributed by atoms with van der Waals surface area (Å²) in [6.07, 6.45) is 7.89. The number of aliphatic hydroxyl groups excluding tert-OH is 1. The van der Waals surface area contributed by atoms with E-state index in [4.69, 9.17) is 10.5 Å². The van der Waals surface area contributed by atoms with E-state index in [1.165, 1.54) is 31.2 Å². The first kappa shape index (κ1) is 16.4. The van der Waals surface area contributed by atoms with Crippen LogP contribution in [0.5, 0.6) is 5.75 Å². The molecular formula is C21H31NO2. The summed E-state index contributed by atoms with van der Waals surface area (Å²) >= 11 is 0. The molecule has 0 spiro atoms. The summed E-state index contributed by atoms with van der Waals surface area (Å²) in [5.41, 5.74) is 8.76. The lowest BCUT2D eigenvalue weighted by atomic mass is 9.55. The quantitative estimate of drug-likeness (QED) is 0.829. The average molecular weight is 329 g/mol. The van der Waals surface area contributed by atoms with Gasteiger partial charge in [-0.25, -0.2) is 0 Å². The molecule has 0 radical (unpaired) electrons. The van der Waals surface area contributed by atoms with Crippen molar-refractivity contribution in [2.75, 3.05) is 13.2 Å². The lowest BCUT2D eigenvalue weighted by Gasteiger charge is -2.50. The minimum Gasteiger partial charge on any atom is -0.494 e. The molecule has 1 aromatic carbocycles. The van der Waals surface area contributed by atoms with Crippen LogP contribution >= 0.6 is 0 Å². The molecule has 0 saturated heterocycles. The zero-order valence-corrected chi connectivity index (χ0v) is 14.8. The van der Waals surface area contributed by atoms with Gasteiger partial charge in [0.25, 0.3) is 0 Å². The highest BCUT2D eigenvalue weighted by molar-refractivity contribution is 5.40. The highest BCUT2D eigenvalue weighted by Crippen LogP contribution is 2.60. The van der Waals surface area contributed by atoms with E-state index in [0.29, 0.717) is 25.0 Å². The maximum atomic E-state index is 10.5. The number of benzene rings is 1. The van der Waals surface area contributed by atoms with Crippen LogP contribution in [0.4, 0.5) is 0 Å². The number of hydrogen-bond donors (Lipinski definition) is 2. The Kier molecular flexibility index (Phi) is 4.34. The third kappa shape index (κ3) is 2.57. The monoisotopic (exact) mass is 329 g/mol. The van der Waals surface area contributed by atoms with Crippen LogP contribution in [0.25, 0.3) is 0 Å². The standard InChI is InChI=1S/C21H31NO2/c1-21-10-9-17-16-6-4-15(24-12-2-11-22)13-14(16)3-5-18(17)19(21)7-8-20(21)23/h4,6,13,17-20,23H,2-3,5,7-12,22H2,1H3/t17-,18-,19+,20+,21+/m1/s1. The molecule has 0 aliphatic heterocycles. The molecule has 2 saturated carbocycles. The Hall–Kier alpha value is -1.06. The van der Waals surface area contributed by atoms with Gasteiger partial charge in [0.1, 0.15) is 5.75 Å². The van der Waals surface area contributed by atoms with Gasteiger partial charge in [0.15, 0.2) is 0 Å². The molecule has 0 bridgehead atoms. The molecule has 3 heteroatoms. The number of nitrogens with two attached hydrogens (primary N) is 1. The Labute approximate surface area is 145 Å². The first-order valence-corrected chi connectivity index (χ1v) is 9.77. The molecule has 24 heavy (non-hydrogen) atoms. The summed E-state index contributed by atoms with van der Waals surface area (Å²) < 4.78 is 5.83. The second-order valence-electron chi connectivity index (χ2n) is 8.40. The van der Waals surface area contributed by atoms with E-state index < -0.39 is 0 Å². The second kappa shape index (κ2) is 6.34. The Bertz CT molecular complexity index is 602. The molecule has 2 fully saturated rings. The number of aryl methyl sites for hydroxylation is 1. The van der Waals surface area contributed by atoms with Crippen molar-refractivity contribution in [3.8, 4) is 5.75 Å². The third-order valence-corrected chi connectivity index (χ3v) is 7.27. The molecule has 5 atom stereocenters. The van der Waals surface area contributed by atoms with Gasteiger partial charge in [0.05, 0.1) is 12.7 Å². The first-order valence-electron chi connectivity index (χ1n) is 9.77. The molecule has 0 aromatic heterocycles. The van der Waals surface area contributed by atoms with Gasteiger partial charge >= 0.3 is 0 Å². The molecular weight excluding hydrogens is 298 g/mol. The number of ether oxygens (including phenoxy) is 1.